The summed E-state index contributed by atoms with van der Waals surface area (Å²) in [5.41, 5.74) is 3.40. The van der Waals surface area contributed by atoms with Gasteiger partial charge in [-0.2, -0.15) is 0 Å². The van der Waals surface area contributed by atoms with Crippen LogP contribution in [0, 0.1) is 0 Å². The highest BCUT2D eigenvalue weighted by atomic mass is 79.9. The van der Waals surface area contributed by atoms with Crippen LogP contribution in [-0.4, -0.2) is 33.1 Å². The molecule has 1 amide bonds. The van der Waals surface area contributed by atoms with Crippen molar-refractivity contribution < 1.29 is 4.79 Å². The lowest BCUT2D eigenvalue weighted by atomic mass is 10.1. The van der Waals surface area contributed by atoms with Crippen molar-refractivity contribution >= 4 is 39.3 Å². The lowest BCUT2D eigenvalue weighted by Gasteiger charge is -2.27. The Hall–Kier alpha value is -2.42. The molecule has 0 bridgehead atoms. The zero-order valence-corrected chi connectivity index (χ0v) is 18.6. The van der Waals surface area contributed by atoms with Gasteiger partial charge >= 0.3 is 0 Å². The van der Waals surface area contributed by atoms with Crippen molar-refractivity contribution in [2.45, 2.75) is 24.7 Å². The van der Waals surface area contributed by atoms with Crippen LogP contribution >= 0.6 is 27.7 Å². The van der Waals surface area contributed by atoms with Crippen molar-refractivity contribution in [1.82, 2.24) is 14.9 Å². The fourth-order valence-electron chi connectivity index (χ4n) is 3.37. The van der Waals surface area contributed by atoms with Gasteiger partial charge < -0.3 is 10.3 Å². The van der Waals surface area contributed by atoms with Crippen LogP contribution in [0.15, 0.2) is 69.0 Å². The first-order chi connectivity index (χ1) is 14.6. The van der Waals surface area contributed by atoms with E-state index in [9.17, 15) is 9.59 Å². The first-order valence-corrected chi connectivity index (χ1v) is 11.4. The minimum atomic E-state index is -0.142. The summed E-state index contributed by atoms with van der Waals surface area (Å²) in [4.78, 5) is 34.5. The second kappa shape index (κ2) is 9.59. The topological polar surface area (TPSA) is 78.1 Å². The van der Waals surface area contributed by atoms with E-state index in [2.05, 4.69) is 48.2 Å². The summed E-state index contributed by atoms with van der Waals surface area (Å²) in [5.74, 6) is 0.0366. The molecule has 8 heteroatoms. The molecule has 3 aromatic rings. The van der Waals surface area contributed by atoms with Gasteiger partial charge in [0.25, 0.3) is 5.56 Å². The van der Waals surface area contributed by atoms with Crippen molar-refractivity contribution in [3.63, 3.8) is 0 Å². The molecule has 1 aliphatic heterocycles. The van der Waals surface area contributed by atoms with Crippen LogP contribution in [0.1, 0.15) is 16.8 Å². The lowest BCUT2D eigenvalue weighted by Crippen LogP contribution is -2.35. The van der Waals surface area contributed by atoms with Crippen LogP contribution in [0.2, 0.25) is 0 Å². The molecule has 0 aliphatic carbocycles. The van der Waals surface area contributed by atoms with Gasteiger partial charge in [0, 0.05) is 36.2 Å². The molecule has 2 N–H and O–H groups in total. The van der Waals surface area contributed by atoms with Gasteiger partial charge in [-0.05, 0) is 29.8 Å². The number of halogens is 1. The van der Waals surface area contributed by atoms with Crippen LogP contribution < -0.4 is 10.9 Å². The first kappa shape index (κ1) is 20.8. The summed E-state index contributed by atoms with van der Waals surface area (Å²) in [6, 6.07) is 17.6. The Bertz CT molecular complexity index is 1090. The van der Waals surface area contributed by atoms with E-state index in [1.807, 2.05) is 42.5 Å². The van der Waals surface area contributed by atoms with E-state index >= 15 is 0 Å². The van der Waals surface area contributed by atoms with Crippen LogP contribution in [0.4, 0.5) is 5.69 Å². The number of fused-ring (bicyclic) bond motifs is 1. The molecule has 0 saturated carbocycles. The highest BCUT2D eigenvalue weighted by molar-refractivity contribution is 9.10. The monoisotopic (exact) mass is 484 g/mol. The molecule has 0 atom stereocenters. The Kier molecular flexibility index (Phi) is 6.66. The van der Waals surface area contributed by atoms with Crippen LogP contribution in [-0.2, 0) is 24.3 Å². The number of H-pyrrole nitrogens is 1. The normalized spacial score (nSPS) is 13.6. The molecule has 30 heavy (non-hydrogen) atoms. The number of aromatic amines is 1. The second-order valence-corrected chi connectivity index (χ2v) is 8.97. The van der Waals surface area contributed by atoms with Crippen molar-refractivity contribution in [3.05, 3.63) is 86.2 Å². The maximum Gasteiger partial charge on any atom is 0.256 e. The molecule has 154 valence electrons. The van der Waals surface area contributed by atoms with E-state index in [1.54, 1.807) is 0 Å². The summed E-state index contributed by atoms with van der Waals surface area (Å²) < 4.78 is 0.952. The number of hydrogen-bond donors (Lipinski definition) is 2. The molecule has 0 unspecified atom stereocenters. The van der Waals surface area contributed by atoms with E-state index in [0.717, 1.165) is 40.9 Å². The standard InChI is InChI=1S/C22H21BrN4O2S/c23-16-6-8-17(9-7-16)24-20(28)14-30-22-25-19-10-11-27(13-18(19)21(29)26-22)12-15-4-2-1-3-5-15/h1-9H,10-14H2,(H,24,28)(H,25,26,29). The number of hydrogen-bond acceptors (Lipinski definition) is 5. The number of carbonyl (C=O) groups excluding carboxylic acids is 1. The van der Waals surface area contributed by atoms with Gasteiger partial charge in [0.1, 0.15) is 0 Å². The Balaban J connectivity index is 1.36. The van der Waals surface area contributed by atoms with Crippen molar-refractivity contribution in [1.29, 1.82) is 0 Å². The Morgan fingerprint density at radius 2 is 1.93 bits per heavy atom. The highest BCUT2D eigenvalue weighted by Gasteiger charge is 2.21. The molecule has 0 fully saturated rings. The molecule has 2 aromatic carbocycles. The first-order valence-electron chi connectivity index (χ1n) is 9.63. The van der Waals surface area contributed by atoms with E-state index in [1.165, 1.54) is 17.3 Å². The largest absolute Gasteiger partial charge is 0.325 e. The Morgan fingerprint density at radius 1 is 1.17 bits per heavy atom. The average molecular weight is 485 g/mol. The minimum absolute atomic E-state index is 0.117. The molecular weight excluding hydrogens is 464 g/mol. The smallest absolute Gasteiger partial charge is 0.256 e. The van der Waals surface area contributed by atoms with Gasteiger partial charge in [0.05, 0.1) is 17.0 Å². The quantitative estimate of drug-likeness (QED) is 0.410. The number of benzene rings is 2. The number of nitrogens with one attached hydrogen (secondary N) is 2. The maximum atomic E-state index is 12.6. The van der Waals surface area contributed by atoms with E-state index in [-0.39, 0.29) is 17.2 Å². The van der Waals surface area contributed by atoms with Gasteiger partial charge in [-0.3, -0.25) is 14.5 Å². The van der Waals surface area contributed by atoms with Crippen molar-refractivity contribution in [2.75, 3.05) is 17.6 Å². The summed E-state index contributed by atoms with van der Waals surface area (Å²) in [5, 5.41) is 3.33. The number of aromatic nitrogens is 2. The van der Waals surface area contributed by atoms with Crippen molar-refractivity contribution in [2.24, 2.45) is 0 Å². The van der Waals surface area contributed by atoms with E-state index in [4.69, 9.17) is 0 Å². The summed E-state index contributed by atoms with van der Waals surface area (Å²) in [6.07, 6.45) is 0.727. The molecule has 2 heterocycles. The van der Waals surface area contributed by atoms with Crippen LogP contribution in [0.3, 0.4) is 0 Å². The number of rotatable bonds is 6. The lowest BCUT2D eigenvalue weighted by molar-refractivity contribution is -0.113. The number of nitrogens with zero attached hydrogens (tertiary/aromatic N) is 2. The molecule has 0 spiro atoms. The Labute approximate surface area is 187 Å². The zero-order chi connectivity index (χ0) is 20.9. The SMILES string of the molecule is O=C(CSc1nc2c(c(=O)[nH]1)CN(Cc1ccccc1)CC2)Nc1ccc(Br)cc1. The molecule has 0 radical (unpaired) electrons. The highest BCUT2D eigenvalue weighted by Crippen LogP contribution is 2.20. The second-order valence-electron chi connectivity index (χ2n) is 7.09. The molecular formula is C22H21BrN4O2S. The summed E-state index contributed by atoms with van der Waals surface area (Å²) in [7, 11) is 0. The molecule has 6 nitrogen and oxygen atoms in total. The van der Waals surface area contributed by atoms with Crippen LogP contribution in [0.5, 0.6) is 0 Å². The Morgan fingerprint density at radius 3 is 2.70 bits per heavy atom. The van der Waals surface area contributed by atoms with Gasteiger partial charge in [-0.25, -0.2) is 4.98 Å². The fraction of sp³-hybridized carbons (Fsp3) is 0.227. The van der Waals surface area contributed by atoms with E-state index < -0.39 is 0 Å². The summed E-state index contributed by atoms with van der Waals surface area (Å²) >= 11 is 4.61. The molecule has 1 aliphatic rings. The zero-order valence-electron chi connectivity index (χ0n) is 16.2. The van der Waals surface area contributed by atoms with Gasteiger partial charge in [0.15, 0.2) is 5.16 Å². The number of thioether (sulfide) groups is 1. The minimum Gasteiger partial charge on any atom is -0.325 e. The molecule has 1 aromatic heterocycles. The van der Waals surface area contributed by atoms with Gasteiger partial charge in [-0.15, -0.1) is 0 Å². The number of anilines is 1. The number of carbonyl (C=O) groups is 1. The van der Waals surface area contributed by atoms with Crippen molar-refractivity contribution in [3.8, 4) is 0 Å². The van der Waals surface area contributed by atoms with E-state index in [0.29, 0.717) is 11.7 Å². The van der Waals surface area contributed by atoms with Gasteiger partial charge in [0.2, 0.25) is 5.91 Å². The predicted molar refractivity (Wildman–Crippen MR) is 123 cm³/mol. The third-order valence-corrected chi connectivity index (χ3v) is 6.24. The van der Waals surface area contributed by atoms with Crippen LogP contribution in [0.25, 0.3) is 0 Å². The third kappa shape index (κ3) is 5.38. The van der Waals surface area contributed by atoms with Gasteiger partial charge in [-0.1, -0.05) is 58.0 Å². The maximum absolute atomic E-state index is 12.6. The average Bonchev–Trinajstić information content (AvgIpc) is 2.75. The molecule has 0 saturated heterocycles. The number of amides is 1. The fourth-order valence-corrected chi connectivity index (χ4v) is 4.31. The third-order valence-electron chi connectivity index (χ3n) is 4.84. The predicted octanol–water partition coefficient (Wildman–Crippen LogP) is 3.82. The summed E-state index contributed by atoms with van der Waals surface area (Å²) in [6.45, 7) is 2.25. The molecule has 4 rings (SSSR count).